The first-order chi connectivity index (χ1) is 22.1. The summed E-state index contributed by atoms with van der Waals surface area (Å²) in [7, 11) is -15.3. The Morgan fingerprint density at radius 3 is 1.87 bits per heavy atom. The summed E-state index contributed by atoms with van der Waals surface area (Å²) in [5.41, 5.74) is 0.347. The van der Waals surface area contributed by atoms with Crippen LogP contribution >= 0.6 is 11.3 Å². The van der Waals surface area contributed by atoms with Crippen molar-refractivity contribution in [2.75, 3.05) is 0 Å². The van der Waals surface area contributed by atoms with E-state index in [-0.39, 0.29) is 16.5 Å². The van der Waals surface area contributed by atoms with E-state index in [1.807, 2.05) is 30.3 Å². The number of H-pyrrole nitrogens is 1. The van der Waals surface area contributed by atoms with Crippen molar-refractivity contribution < 1.29 is 38.9 Å². The minimum Gasteiger partial charge on any atom is -0.286 e. The maximum absolute atomic E-state index is 13.8. The summed E-state index contributed by atoms with van der Waals surface area (Å²) in [4.78, 5) is 15.4. The quantitative estimate of drug-likeness (QED) is 0.117. The van der Waals surface area contributed by atoms with Gasteiger partial charge < -0.3 is 0 Å². The van der Waals surface area contributed by atoms with E-state index in [0.29, 0.717) is 35.5 Å². The van der Waals surface area contributed by atoms with Gasteiger partial charge in [-0.2, -0.15) is 29.9 Å². The average molecular weight is 714 g/mol. The van der Waals surface area contributed by atoms with E-state index < -0.39 is 67.1 Å². The van der Waals surface area contributed by atoms with Gasteiger partial charge in [-0.3, -0.25) is 23.6 Å². The van der Waals surface area contributed by atoms with Crippen LogP contribution in [-0.4, -0.2) is 53.7 Å². The molecule has 4 N–H and O–H groups in total. The number of rotatable bonds is 8. The Kier molecular flexibility index (Phi) is 8.00. The lowest BCUT2D eigenvalue weighted by Gasteiger charge is -2.10. The molecule has 2 aromatic heterocycles. The van der Waals surface area contributed by atoms with Gasteiger partial charge in [0.1, 0.15) is 4.90 Å². The molecule has 4 aromatic carbocycles. The molecule has 0 saturated heterocycles. The molecule has 47 heavy (non-hydrogen) atoms. The number of thiazole rings is 1. The first-order valence-electron chi connectivity index (χ1n) is 13.0. The van der Waals surface area contributed by atoms with Crippen molar-refractivity contribution in [1.29, 1.82) is 0 Å². The minimum absolute atomic E-state index is 0.148. The smallest absolute Gasteiger partial charge is 0.286 e. The molecular weight excluding hydrogens is 695 g/mol. The van der Waals surface area contributed by atoms with Gasteiger partial charge in [-0.25, -0.2) is 4.98 Å². The Bertz CT molecular complexity index is 2610. The first kappa shape index (κ1) is 32.1. The second kappa shape index (κ2) is 11.7. The van der Waals surface area contributed by atoms with Crippen LogP contribution in [0, 0.1) is 0 Å². The summed E-state index contributed by atoms with van der Waals surface area (Å²) >= 11 is 1.15. The monoisotopic (exact) mass is 713 g/mol. The molecule has 0 aliphatic rings. The predicted molar refractivity (Wildman–Crippen MR) is 171 cm³/mol. The lowest BCUT2D eigenvalue weighted by molar-refractivity contribution is 0.480. The molecule has 0 aliphatic heterocycles. The van der Waals surface area contributed by atoms with Crippen LogP contribution in [-0.2, 0) is 30.4 Å². The molecule has 6 rings (SSSR count). The highest BCUT2D eigenvalue weighted by molar-refractivity contribution is 7.87. The van der Waals surface area contributed by atoms with Crippen LogP contribution in [0.15, 0.2) is 120 Å². The van der Waals surface area contributed by atoms with Gasteiger partial charge in [0.25, 0.3) is 30.4 Å². The van der Waals surface area contributed by atoms with Crippen molar-refractivity contribution in [2.45, 2.75) is 14.7 Å². The summed E-state index contributed by atoms with van der Waals surface area (Å²) < 4.78 is 103. The third-order valence-corrected chi connectivity index (χ3v) is 10.1. The van der Waals surface area contributed by atoms with E-state index in [2.05, 4.69) is 20.3 Å². The molecule has 2 heterocycles. The highest BCUT2D eigenvalue weighted by atomic mass is 32.2. The van der Waals surface area contributed by atoms with Crippen LogP contribution in [0.1, 0.15) is 0 Å². The third-order valence-electron chi connectivity index (χ3n) is 6.75. The van der Waals surface area contributed by atoms with Crippen LogP contribution < -0.4 is 5.56 Å². The van der Waals surface area contributed by atoms with E-state index in [9.17, 15) is 43.7 Å². The highest BCUT2D eigenvalue weighted by Gasteiger charge is 2.26. The summed E-state index contributed by atoms with van der Waals surface area (Å²) in [6, 6.07) is 20.2. The second-order valence-corrected chi connectivity index (χ2v) is 14.9. The zero-order valence-electron chi connectivity index (χ0n) is 23.3. The van der Waals surface area contributed by atoms with E-state index in [1.54, 1.807) is 35.7 Å². The van der Waals surface area contributed by atoms with Gasteiger partial charge in [-0.15, -0.1) is 21.6 Å². The van der Waals surface area contributed by atoms with Crippen molar-refractivity contribution in [3.63, 3.8) is 0 Å². The number of aromatic nitrogens is 3. The van der Waals surface area contributed by atoms with Crippen molar-refractivity contribution in [3.05, 3.63) is 101 Å². The van der Waals surface area contributed by atoms with Crippen LogP contribution in [0.5, 0.6) is 0 Å². The maximum atomic E-state index is 13.8. The predicted octanol–water partition coefficient (Wildman–Crippen LogP) is 5.26. The summed E-state index contributed by atoms with van der Waals surface area (Å²) in [5.74, 6) is 0. The van der Waals surface area contributed by atoms with Gasteiger partial charge in [0, 0.05) is 21.9 Å². The molecule has 0 amide bonds. The minimum atomic E-state index is -5.25. The number of azo groups is 1. The van der Waals surface area contributed by atoms with Crippen molar-refractivity contribution in [2.24, 2.45) is 10.2 Å². The Balaban J connectivity index is 1.60. The van der Waals surface area contributed by atoms with Crippen molar-refractivity contribution in [1.82, 2.24) is 14.8 Å². The van der Waals surface area contributed by atoms with Crippen LogP contribution in [0.2, 0.25) is 0 Å². The molecule has 0 spiro atoms. The van der Waals surface area contributed by atoms with Gasteiger partial charge in [0.05, 0.1) is 26.9 Å². The molecule has 15 nitrogen and oxygen atoms in total. The van der Waals surface area contributed by atoms with Crippen LogP contribution in [0.4, 0.5) is 11.4 Å². The molecule has 240 valence electrons. The van der Waals surface area contributed by atoms with E-state index in [1.165, 1.54) is 0 Å². The SMILES string of the molecule is O=c1c(N=Nc2cc(S(=O)(=O)O)cc3cc(S(=O)(=O)O)cc(S(=O)(=O)O)c23)c(-c2ccccc2)[nH]n1-c1nc(-c2ccccc2)cs1. The van der Waals surface area contributed by atoms with Gasteiger partial charge in [0.15, 0.2) is 5.69 Å². The number of aromatic amines is 1. The Hall–Kier alpha value is -4.89. The second-order valence-electron chi connectivity index (χ2n) is 9.81. The van der Waals surface area contributed by atoms with Crippen LogP contribution in [0.25, 0.3) is 38.4 Å². The van der Waals surface area contributed by atoms with Crippen molar-refractivity contribution in [3.8, 4) is 27.6 Å². The fraction of sp³-hybridized carbons (Fsp3) is 0. The third kappa shape index (κ3) is 6.40. The Labute approximate surface area is 269 Å². The zero-order valence-corrected chi connectivity index (χ0v) is 26.5. The molecule has 0 atom stereocenters. The molecule has 0 saturated carbocycles. The number of nitrogens with zero attached hydrogens (tertiary/aromatic N) is 4. The number of fused-ring (bicyclic) bond motifs is 1. The first-order valence-corrected chi connectivity index (χ1v) is 18.2. The lowest BCUT2D eigenvalue weighted by atomic mass is 10.1. The summed E-state index contributed by atoms with van der Waals surface area (Å²) in [5, 5.41) is 11.9. The Morgan fingerprint density at radius 1 is 0.723 bits per heavy atom. The fourth-order valence-electron chi connectivity index (χ4n) is 4.65. The molecule has 19 heteroatoms. The average Bonchev–Trinajstić information content (AvgIpc) is 3.63. The highest BCUT2D eigenvalue weighted by Crippen LogP contribution is 2.38. The van der Waals surface area contributed by atoms with E-state index in [0.717, 1.165) is 21.6 Å². The normalized spacial score (nSPS) is 12.7. The van der Waals surface area contributed by atoms with E-state index >= 15 is 0 Å². The number of hydrogen-bond acceptors (Lipinski definition) is 11. The standard InChI is InChI=1S/C28H19N5O10S4/c34-27-26(25(17-9-5-2-6-10-17)32-33(27)28-29-22(15-44-28)16-7-3-1-4-8-16)31-30-21-13-19(45(35,36)37)11-18-12-20(46(38,39)40)14-23(24(18)21)47(41,42)43/h1-15,32H,(H,35,36,37)(H,38,39,40)(H,41,42,43). The van der Waals surface area contributed by atoms with Crippen LogP contribution in [0.3, 0.4) is 0 Å². The molecular formula is C28H19N5O10S4. The number of nitrogens with one attached hydrogen (secondary N) is 1. The molecule has 0 aliphatic carbocycles. The fourth-order valence-corrected chi connectivity index (χ4v) is 7.36. The van der Waals surface area contributed by atoms with Gasteiger partial charge in [0.2, 0.25) is 5.13 Å². The summed E-state index contributed by atoms with van der Waals surface area (Å²) in [6.07, 6.45) is 0. The number of benzene rings is 4. The van der Waals surface area contributed by atoms with E-state index in [4.69, 9.17) is 0 Å². The molecule has 0 bridgehead atoms. The summed E-state index contributed by atoms with van der Waals surface area (Å²) in [6.45, 7) is 0. The molecule has 0 fully saturated rings. The topological polar surface area (TPSA) is 239 Å². The van der Waals surface area contributed by atoms with Crippen molar-refractivity contribution >= 4 is 63.8 Å². The van der Waals surface area contributed by atoms with Gasteiger partial charge >= 0.3 is 5.56 Å². The molecule has 6 aromatic rings. The lowest BCUT2D eigenvalue weighted by Crippen LogP contribution is -2.13. The largest absolute Gasteiger partial charge is 0.301 e. The van der Waals surface area contributed by atoms with Gasteiger partial charge in [-0.1, -0.05) is 60.7 Å². The molecule has 0 radical (unpaired) electrons. The Morgan fingerprint density at radius 2 is 1.30 bits per heavy atom. The molecule has 0 unspecified atom stereocenters. The number of hydrogen-bond donors (Lipinski definition) is 4. The zero-order chi connectivity index (χ0) is 33.7. The maximum Gasteiger partial charge on any atom is 0.301 e. The van der Waals surface area contributed by atoms with Gasteiger partial charge in [-0.05, 0) is 29.7 Å².